The van der Waals surface area contributed by atoms with Gasteiger partial charge in [-0.25, -0.2) is 0 Å². The van der Waals surface area contributed by atoms with E-state index in [2.05, 4.69) is 5.32 Å². The fourth-order valence-electron chi connectivity index (χ4n) is 6.51. The molecule has 4 bridgehead atoms. The second-order valence-corrected chi connectivity index (χ2v) is 9.96. The second-order valence-electron chi connectivity index (χ2n) is 9.96. The largest absolute Gasteiger partial charge is 0.457 e. The number of amides is 1. The van der Waals surface area contributed by atoms with Crippen LogP contribution in [0.4, 0.5) is 0 Å². The number of hydrogen-bond acceptors (Lipinski definition) is 4. The Morgan fingerprint density at radius 3 is 2.17 bits per heavy atom. The van der Waals surface area contributed by atoms with E-state index in [1.807, 2.05) is 12.1 Å². The van der Waals surface area contributed by atoms with E-state index in [1.54, 1.807) is 12.1 Å². The summed E-state index contributed by atoms with van der Waals surface area (Å²) >= 11 is 0. The lowest BCUT2D eigenvalue weighted by molar-refractivity contribution is -0.150. The molecule has 0 aliphatic heterocycles. The van der Waals surface area contributed by atoms with Gasteiger partial charge in [0.05, 0.1) is 6.42 Å². The predicted molar refractivity (Wildman–Crippen MR) is 114 cm³/mol. The maximum atomic E-state index is 12.5. The zero-order chi connectivity index (χ0) is 21.1. The van der Waals surface area contributed by atoms with E-state index in [4.69, 9.17) is 4.74 Å². The monoisotopic (exact) mass is 411 g/mol. The summed E-state index contributed by atoms with van der Waals surface area (Å²) in [5.41, 5.74) is 1.84. The molecule has 4 fully saturated rings. The number of rotatable bonds is 9. The molecule has 0 aromatic heterocycles. The maximum absolute atomic E-state index is 12.5. The van der Waals surface area contributed by atoms with Crippen LogP contribution in [-0.4, -0.2) is 30.8 Å². The van der Waals surface area contributed by atoms with Crippen molar-refractivity contribution in [1.29, 1.82) is 0 Å². The first kappa shape index (κ1) is 21.1. The SMILES string of the molecule is CC(=O)NCCCc1ccc(C(=O)COC(=O)CC23CC4CC(CC(C4)C2)C3)cc1. The van der Waals surface area contributed by atoms with Crippen LogP contribution in [0.25, 0.3) is 0 Å². The molecule has 0 heterocycles. The van der Waals surface area contributed by atoms with Gasteiger partial charge in [0.25, 0.3) is 0 Å². The third-order valence-electron chi connectivity index (χ3n) is 7.34. The maximum Gasteiger partial charge on any atom is 0.306 e. The van der Waals surface area contributed by atoms with Gasteiger partial charge in [0.1, 0.15) is 0 Å². The van der Waals surface area contributed by atoms with Crippen molar-refractivity contribution in [3.8, 4) is 0 Å². The molecule has 4 saturated carbocycles. The number of carbonyl (C=O) groups is 3. The molecule has 162 valence electrons. The van der Waals surface area contributed by atoms with E-state index in [9.17, 15) is 14.4 Å². The Bertz CT molecular complexity index is 763. The van der Waals surface area contributed by atoms with Crippen molar-refractivity contribution in [2.45, 2.75) is 64.7 Å². The lowest BCUT2D eigenvalue weighted by Gasteiger charge is -2.56. The van der Waals surface area contributed by atoms with Gasteiger partial charge in [-0.1, -0.05) is 24.3 Å². The number of aryl methyl sites for hydroxylation is 1. The van der Waals surface area contributed by atoms with Crippen LogP contribution in [0.5, 0.6) is 0 Å². The van der Waals surface area contributed by atoms with Crippen molar-refractivity contribution in [3.63, 3.8) is 0 Å². The highest BCUT2D eigenvalue weighted by Crippen LogP contribution is 2.61. The number of hydrogen-bond donors (Lipinski definition) is 1. The van der Waals surface area contributed by atoms with E-state index in [0.717, 1.165) is 36.2 Å². The Labute approximate surface area is 178 Å². The smallest absolute Gasteiger partial charge is 0.306 e. The summed E-state index contributed by atoms with van der Waals surface area (Å²) in [6.07, 6.45) is 9.77. The molecular formula is C25H33NO4. The first-order chi connectivity index (χ1) is 14.4. The minimum Gasteiger partial charge on any atom is -0.457 e. The predicted octanol–water partition coefficient (Wildman–Crippen LogP) is 4.09. The van der Waals surface area contributed by atoms with Gasteiger partial charge in [0, 0.05) is 19.0 Å². The Morgan fingerprint density at radius 1 is 1.00 bits per heavy atom. The van der Waals surface area contributed by atoms with E-state index < -0.39 is 0 Å². The Balaban J connectivity index is 1.21. The molecule has 5 nitrogen and oxygen atoms in total. The first-order valence-electron chi connectivity index (χ1n) is 11.4. The van der Waals surface area contributed by atoms with Crippen molar-refractivity contribution in [1.82, 2.24) is 5.32 Å². The normalized spacial score (nSPS) is 28.9. The summed E-state index contributed by atoms with van der Waals surface area (Å²) in [5.74, 6) is 2.04. The van der Waals surface area contributed by atoms with Gasteiger partial charge in [0.15, 0.2) is 12.4 Å². The summed E-state index contributed by atoms with van der Waals surface area (Å²) in [4.78, 5) is 35.8. The molecule has 0 spiro atoms. The molecule has 5 rings (SSSR count). The molecule has 0 radical (unpaired) electrons. The number of benzene rings is 1. The third-order valence-corrected chi connectivity index (χ3v) is 7.34. The molecule has 1 N–H and O–H groups in total. The van der Waals surface area contributed by atoms with Gasteiger partial charge < -0.3 is 10.1 Å². The van der Waals surface area contributed by atoms with Gasteiger partial charge in [-0.05, 0) is 80.1 Å². The zero-order valence-corrected chi connectivity index (χ0v) is 18.0. The van der Waals surface area contributed by atoms with Crippen LogP contribution in [-0.2, 0) is 20.7 Å². The topological polar surface area (TPSA) is 72.5 Å². The third kappa shape index (κ3) is 5.11. The average Bonchev–Trinajstić information content (AvgIpc) is 2.68. The van der Waals surface area contributed by atoms with Gasteiger partial charge in [0.2, 0.25) is 5.91 Å². The second kappa shape index (κ2) is 8.91. The molecule has 4 aliphatic rings. The Kier molecular flexibility index (Phi) is 6.26. The molecule has 1 aromatic carbocycles. The van der Waals surface area contributed by atoms with E-state index in [-0.39, 0.29) is 29.7 Å². The summed E-state index contributed by atoms with van der Waals surface area (Å²) in [7, 11) is 0. The van der Waals surface area contributed by atoms with Crippen LogP contribution in [0, 0.1) is 23.2 Å². The fourth-order valence-corrected chi connectivity index (χ4v) is 6.51. The highest BCUT2D eigenvalue weighted by Gasteiger charge is 2.51. The number of ketones is 1. The van der Waals surface area contributed by atoms with E-state index in [0.29, 0.717) is 18.5 Å². The average molecular weight is 412 g/mol. The summed E-state index contributed by atoms with van der Waals surface area (Å²) in [6, 6.07) is 7.45. The Hall–Kier alpha value is -2.17. The number of Topliss-reactive ketones (excluding diaryl/α,β-unsaturated/α-hetero) is 1. The molecule has 4 aliphatic carbocycles. The number of ether oxygens (including phenoxy) is 1. The molecule has 0 atom stereocenters. The summed E-state index contributed by atoms with van der Waals surface area (Å²) < 4.78 is 5.40. The van der Waals surface area contributed by atoms with Crippen molar-refractivity contribution < 1.29 is 19.1 Å². The lowest BCUT2D eigenvalue weighted by atomic mass is 9.49. The fraction of sp³-hybridized carbons (Fsp3) is 0.640. The molecule has 30 heavy (non-hydrogen) atoms. The van der Waals surface area contributed by atoms with Crippen LogP contribution < -0.4 is 5.32 Å². The lowest BCUT2D eigenvalue weighted by Crippen LogP contribution is -2.47. The zero-order valence-electron chi connectivity index (χ0n) is 18.0. The first-order valence-corrected chi connectivity index (χ1v) is 11.4. The number of nitrogens with one attached hydrogen (secondary N) is 1. The highest BCUT2D eigenvalue weighted by atomic mass is 16.5. The molecule has 5 heteroatoms. The van der Waals surface area contributed by atoms with E-state index in [1.165, 1.54) is 45.4 Å². The van der Waals surface area contributed by atoms with Crippen molar-refractivity contribution >= 4 is 17.7 Å². The van der Waals surface area contributed by atoms with Gasteiger partial charge in [-0.2, -0.15) is 0 Å². The molecule has 1 amide bonds. The number of esters is 1. The molecule has 0 saturated heterocycles. The highest BCUT2D eigenvalue weighted by molar-refractivity contribution is 5.98. The number of carbonyl (C=O) groups excluding carboxylic acids is 3. The van der Waals surface area contributed by atoms with E-state index >= 15 is 0 Å². The van der Waals surface area contributed by atoms with Crippen molar-refractivity contribution in [2.75, 3.05) is 13.2 Å². The molecular weight excluding hydrogens is 378 g/mol. The van der Waals surface area contributed by atoms with Crippen LogP contribution in [0.1, 0.15) is 74.2 Å². The van der Waals surface area contributed by atoms with Crippen LogP contribution in [0.2, 0.25) is 0 Å². The van der Waals surface area contributed by atoms with Gasteiger partial charge in [-0.3, -0.25) is 14.4 Å². The minimum absolute atomic E-state index is 0.0197. The standard InChI is InChI=1S/C25H33NO4/c1-17(27)26-8-2-3-18-4-6-22(7-5-18)23(28)16-30-24(29)15-25-12-19-9-20(13-25)11-21(10-19)14-25/h4-7,19-21H,2-3,8-16H2,1H3,(H,26,27). The van der Waals surface area contributed by atoms with Crippen LogP contribution in [0.15, 0.2) is 24.3 Å². The molecule has 1 aromatic rings. The van der Waals surface area contributed by atoms with Crippen LogP contribution in [0.3, 0.4) is 0 Å². The summed E-state index contributed by atoms with van der Waals surface area (Å²) in [6.45, 7) is 1.99. The summed E-state index contributed by atoms with van der Waals surface area (Å²) in [5, 5.41) is 2.78. The minimum atomic E-state index is -0.208. The van der Waals surface area contributed by atoms with Crippen molar-refractivity contribution in [2.24, 2.45) is 23.2 Å². The van der Waals surface area contributed by atoms with Crippen molar-refractivity contribution in [3.05, 3.63) is 35.4 Å². The molecule has 0 unspecified atom stereocenters. The van der Waals surface area contributed by atoms with Gasteiger partial charge in [-0.15, -0.1) is 0 Å². The Morgan fingerprint density at radius 2 is 1.60 bits per heavy atom. The van der Waals surface area contributed by atoms with Gasteiger partial charge >= 0.3 is 5.97 Å². The quantitative estimate of drug-likeness (QED) is 0.377. The van der Waals surface area contributed by atoms with Crippen LogP contribution >= 0.6 is 0 Å².